The molecule has 0 radical (unpaired) electrons. The summed E-state index contributed by atoms with van der Waals surface area (Å²) in [5.74, 6) is -0.118. The van der Waals surface area contributed by atoms with Crippen molar-refractivity contribution in [3.63, 3.8) is 0 Å². The molecule has 176 valence electrons. The number of aromatic nitrogens is 2. The molecule has 10 heteroatoms. The molecule has 0 aromatic carbocycles. The van der Waals surface area contributed by atoms with Crippen molar-refractivity contribution in [1.29, 1.82) is 0 Å². The van der Waals surface area contributed by atoms with Crippen LogP contribution in [0.15, 0.2) is 4.99 Å². The van der Waals surface area contributed by atoms with Gasteiger partial charge in [-0.05, 0) is 0 Å². The summed E-state index contributed by atoms with van der Waals surface area (Å²) in [4.78, 5) is 61.6. The lowest BCUT2D eigenvalue weighted by Crippen LogP contribution is -2.53. The molecule has 3 rings (SSSR count). The van der Waals surface area contributed by atoms with E-state index in [2.05, 4.69) is 19.7 Å². The van der Waals surface area contributed by atoms with Crippen molar-refractivity contribution in [2.45, 2.75) is 61.3 Å². The Morgan fingerprint density at radius 1 is 0.938 bits per heavy atom. The Labute approximate surface area is 188 Å². The predicted octanol–water partition coefficient (Wildman–Crippen LogP) is 2.72. The molecule has 2 aliphatic heterocycles. The number of imidazole rings is 1. The van der Waals surface area contributed by atoms with Gasteiger partial charge in [0.15, 0.2) is 11.5 Å². The van der Waals surface area contributed by atoms with E-state index in [1.165, 1.54) is 9.80 Å². The number of nitrogens with one attached hydrogen (secondary N) is 1. The van der Waals surface area contributed by atoms with Crippen LogP contribution in [0.2, 0.25) is 0 Å². The monoisotopic (exact) mass is 447 g/mol. The summed E-state index contributed by atoms with van der Waals surface area (Å²) in [6.45, 7) is 15.4. The van der Waals surface area contributed by atoms with Crippen LogP contribution in [0, 0.1) is 17.8 Å². The zero-order valence-electron chi connectivity index (χ0n) is 20.1. The lowest BCUT2D eigenvalue weighted by Gasteiger charge is -2.32. The Hall–Kier alpha value is -3.04. The van der Waals surface area contributed by atoms with Gasteiger partial charge < -0.3 is 9.72 Å². The number of hydrogen-bond acceptors (Lipinski definition) is 7. The molecule has 2 aliphatic rings. The normalized spacial score (nSPS) is 15.0. The third-order valence-corrected chi connectivity index (χ3v) is 4.80. The van der Waals surface area contributed by atoms with Gasteiger partial charge in [0.25, 0.3) is 5.91 Å². The minimum Gasteiger partial charge on any atom is -0.393 e. The molecule has 0 aliphatic carbocycles. The molecule has 0 saturated heterocycles. The number of guanidine groups is 1. The molecule has 32 heavy (non-hydrogen) atoms. The van der Waals surface area contributed by atoms with Crippen molar-refractivity contribution in [1.82, 2.24) is 14.9 Å². The van der Waals surface area contributed by atoms with E-state index in [-0.39, 0.29) is 35.5 Å². The Bertz CT molecular complexity index is 911. The standard InChI is InChI=1S/C14H19N5O2.C8H14O3/c1-7(2)10-16-9-11(17-10)19(12(20)8(3)4)14-15-5-6-18(14)13(9)21;1-5(2)7(9)11-8(10)6(3)4/h7-8H,5-6H2,1-4H3,(H,16,17);5-6H,1-4H3. The Morgan fingerprint density at radius 3 is 1.97 bits per heavy atom. The Balaban J connectivity index is 0.000000282. The summed E-state index contributed by atoms with van der Waals surface area (Å²) in [5, 5.41) is 0. The predicted molar refractivity (Wildman–Crippen MR) is 119 cm³/mol. The SMILES string of the molecule is CC(C)C(=O)N1C2=NCCN2C(=O)c2nc(C(C)C)[nH]c21.CC(C)C(=O)OC(=O)C(C)C. The summed E-state index contributed by atoms with van der Waals surface area (Å²) in [7, 11) is 0. The van der Waals surface area contributed by atoms with Crippen molar-refractivity contribution in [2.75, 3.05) is 18.0 Å². The van der Waals surface area contributed by atoms with Gasteiger partial charge in [-0.25, -0.2) is 14.9 Å². The second-order valence-corrected chi connectivity index (χ2v) is 8.99. The van der Waals surface area contributed by atoms with Gasteiger partial charge in [-0.2, -0.15) is 0 Å². The molecule has 0 spiro atoms. The van der Waals surface area contributed by atoms with Crippen LogP contribution < -0.4 is 4.90 Å². The number of carbonyl (C=O) groups excluding carboxylic acids is 4. The number of rotatable bonds is 4. The maximum Gasteiger partial charge on any atom is 0.316 e. The Morgan fingerprint density at radius 2 is 1.50 bits per heavy atom. The van der Waals surface area contributed by atoms with Crippen molar-refractivity contribution in [3.8, 4) is 0 Å². The molecule has 0 atom stereocenters. The van der Waals surface area contributed by atoms with E-state index in [1.807, 2.05) is 27.7 Å². The molecular formula is C22H33N5O5. The van der Waals surface area contributed by atoms with E-state index in [4.69, 9.17) is 0 Å². The molecule has 0 unspecified atom stereocenters. The first-order valence-corrected chi connectivity index (χ1v) is 10.9. The number of carbonyl (C=O) groups is 4. The van der Waals surface area contributed by atoms with Crippen molar-refractivity contribution in [3.05, 3.63) is 11.5 Å². The maximum atomic E-state index is 12.5. The van der Waals surface area contributed by atoms with Crippen LogP contribution in [-0.4, -0.2) is 57.7 Å². The highest BCUT2D eigenvalue weighted by Crippen LogP contribution is 2.31. The molecule has 1 aromatic rings. The van der Waals surface area contributed by atoms with Crippen LogP contribution in [-0.2, 0) is 19.1 Å². The van der Waals surface area contributed by atoms with E-state index < -0.39 is 11.9 Å². The average molecular weight is 448 g/mol. The highest BCUT2D eigenvalue weighted by Gasteiger charge is 2.43. The van der Waals surface area contributed by atoms with Crippen LogP contribution in [0.5, 0.6) is 0 Å². The van der Waals surface area contributed by atoms with Crippen molar-refractivity contribution < 1.29 is 23.9 Å². The van der Waals surface area contributed by atoms with Crippen LogP contribution in [0.25, 0.3) is 0 Å². The van der Waals surface area contributed by atoms with Gasteiger partial charge in [0.05, 0.1) is 18.4 Å². The first kappa shape index (κ1) is 25.2. The Kier molecular flexibility index (Phi) is 7.92. The molecular weight excluding hydrogens is 414 g/mol. The molecule has 2 amide bonds. The maximum absolute atomic E-state index is 12.5. The average Bonchev–Trinajstić information content (AvgIpc) is 3.36. The van der Waals surface area contributed by atoms with Crippen LogP contribution >= 0.6 is 0 Å². The lowest BCUT2D eigenvalue weighted by atomic mass is 10.1. The fourth-order valence-corrected chi connectivity index (χ4v) is 2.81. The fourth-order valence-electron chi connectivity index (χ4n) is 2.81. The van der Waals surface area contributed by atoms with Gasteiger partial charge in [0.1, 0.15) is 5.82 Å². The van der Waals surface area contributed by atoms with Gasteiger partial charge in [-0.1, -0.05) is 55.4 Å². The third-order valence-electron chi connectivity index (χ3n) is 4.80. The van der Waals surface area contributed by atoms with E-state index in [0.29, 0.717) is 36.4 Å². The van der Waals surface area contributed by atoms with Crippen LogP contribution in [0.1, 0.15) is 77.6 Å². The summed E-state index contributed by atoms with van der Waals surface area (Å²) < 4.78 is 4.50. The number of aromatic amines is 1. The molecule has 0 saturated carbocycles. The number of fused-ring (bicyclic) bond motifs is 2. The number of aliphatic imine (C=N–C) groups is 1. The number of H-pyrrole nitrogens is 1. The molecule has 10 nitrogen and oxygen atoms in total. The van der Waals surface area contributed by atoms with E-state index in [9.17, 15) is 19.2 Å². The van der Waals surface area contributed by atoms with Crippen LogP contribution in [0.4, 0.5) is 5.82 Å². The minimum atomic E-state index is -0.455. The number of hydrogen-bond donors (Lipinski definition) is 1. The number of ether oxygens (including phenoxy) is 1. The molecule has 1 aromatic heterocycles. The second-order valence-electron chi connectivity index (χ2n) is 8.99. The van der Waals surface area contributed by atoms with Gasteiger partial charge in [-0.15, -0.1) is 0 Å². The smallest absolute Gasteiger partial charge is 0.316 e. The summed E-state index contributed by atoms with van der Waals surface area (Å²) in [6.07, 6.45) is 0. The van der Waals surface area contributed by atoms with Crippen LogP contribution in [0.3, 0.4) is 0 Å². The van der Waals surface area contributed by atoms with Crippen molar-refractivity contribution in [2.24, 2.45) is 22.7 Å². The highest BCUT2D eigenvalue weighted by molar-refractivity contribution is 6.27. The third kappa shape index (κ3) is 5.23. The molecule has 0 fully saturated rings. The lowest BCUT2D eigenvalue weighted by molar-refractivity contribution is -0.164. The summed E-state index contributed by atoms with van der Waals surface area (Å²) in [5.41, 5.74) is 0.313. The number of amides is 2. The zero-order valence-corrected chi connectivity index (χ0v) is 20.1. The molecule has 1 N–H and O–H groups in total. The summed E-state index contributed by atoms with van der Waals surface area (Å²) in [6, 6.07) is 0. The van der Waals surface area contributed by atoms with Gasteiger partial charge in [0.2, 0.25) is 11.9 Å². The summed E-state index contributed by atoms with van der Waals surface area (Å²) >= 11 is 0. The van der Waals surface area contributed by atoms with Crippen molar-refractivity contribution >= 4 is 35.5 Å². The van der Waals surface area contributed by atoms with E-state index >= 15 is 0 Å². The topological polar surface area (TPSA) is 125 Å². The van der Waals surface area contributed by atoms with E-state index in [0.717, 1.165) is 0 Å². The molecule has 0 bridgehead atoms. The minimum absolute atomic E-state index is 0.0895. The number of nitrogens with zero attached hydrogens (tertiary/aromatic N) is 4. The first-order valence-electron chi connectivity index (χ1n) is 10.9. The van der Waals surface area contributed by atoms with Gasteiger partial charge in [-0.3, -0.25) is 24.1 Å². The zero-order chi connectivity index (χ0) is 24.3. The van der Waals surface area contributed by atoms with E-state index in [1.54, 1.807) is 27.7 Å². The largest absolute Gasteiger partial charge is 0.393 e. The first-order chi connectivity index (χ1) is 14.9. The highest BCUT2D eigenvalue weighted by atomic mass is 16.6. The molecule has 3 heterocycles. The second kappa shape index (κ2) is 10.1. The number of esters is 2. The van der Waals surface area contributed by atoms with Gasteiger partial charge >= 0.3 is 11.9 Å². The quantitative estimate of drug-likeness (QED) is 0.559. The fraction of sp³-hybridized carbons (Fsp3) is 0.636. The van der Waals surface area contributed by atoms with Gasteiger partial charge in [0, 0.05) is 18.4 Å². The number of anilines is 1.